The summed E-state index contributed by atoms with van der Waals surface area (Å²) in [4.78, 5) is 6.96. The summed E-state index contributed by atoms with van der Waals surface area (Å²) in [5.41, 5.74) is 3.68. The number of benzene rings is 2. The Labute approximate surface area is 185 Å². The second kappa shape index (κ2) is 10.1. The molecule has 1 saturated heterocycles. The highest BCUT2D eigenvalue weighted by Crippen LogP contribution is 2.34. The van der Waals surface area contributed by atoms with Crippen molar-refractivity contribution in [1.29, 1.82) is 0 Å². The molecule has 0 aromatic heterocycles. The lowest BCUT2D eigenvalue weighted by Gasteiger charge is -2.33. The fraction of sp³-hybridized carbons (Fsp3) is 0.480. The van der Waals surface area contributed by atoms with Crippen molar-refractivity contribution in [2.24, 2.45) is 4.99 Å². The van der Waals surface area contributed by atoms with Crippen molar-refractivity contribution in [1.82, 2.24) is 15.5 Å². The van der Waals surface area contributed by atoms with E-state index >= 15 is 0 Å². The SMILES string of the molecule is CN=C(NCc1cc2c(cc1OC)CC(C)O2)NC1CCN(Cc2ccccc2)CC1. The molecule has 2 aromatic carbocycles. The summed E-state index contributed by atoms with van der Waals surface area (Å²) in [6.07, 6.45) is 3.39. The standard InChI is InChI=1S/C25H34N4O2/c1-18-13-20-14-23(30-3)21(15-24(20)31-18)16-27-25(26-2)28-22-9-11-29(12-10-22)17-19-7-5-4-6-8-19/h4-8,14-15,18,22H,9-13,16-17H2,1-3H3,(H2,26,27,28). The Balaban J connectivity index is 1.28. The van der Waals surface area contributed by atoms with Crippen LogP contribution in [0.4, 0.5) is 0 Å². The molecule has 4 rings (SSSR count). The molecule has 0 spiro atoms. The van der Waals surface area contributed by atoms with Gasteiger partial charge in [0.05, 0.1) is 7.11 Å². The summed E-state index contributed by atoms with van der Waals surface area (Å²) in [7, 11) is 3.55. The molecule has 31 heavy (non-hydrogen) atoms. The Kier molecular flexibility index (Phi) is 6.97. The van der Waals surface area contributed by atoms with Gasteiger partial charge in [0.25, 0.3) is 0 Å². The number of ether oxygens (including phenoxy) is 2. The number of aliphatic imine (C=N–C) groups is 1. The van der Waals surface area contributed by atoms with E-state index in [0.717, 1.165) is 61.9 Å². The highest BCUT2D eigenvalue weighted by Gasteiger charge is 2.23. The van der Waals surface area contributed by atoms with Crippen molar-refractivity contribution in [3.05, 3.63) is 59.2 Å². The van der Waals surface area contributed by atoms with Gasteiger partial charge in [-0.3, -0.25) is 9.89 Å². The number of fused-ring (bicyclic) bond motifs is 1. The van der Waals surface area contributed by atoms with Crippen LogP contribution >= 0.6 is 0 Å². The van der Waals surface area contributed by atoms with Crippen molar-refractivity contribution in [3.8, 4) is 11.5 Å². The van der Waals surface area contributed by atoms with Crippen LogP contribution in [0.1, 0.15) is 36.5 Å². The van der Waals surface area contributed by atoms with E-state index in [2.05, 4.69) is 69.9 Å². The molecule has 2 heterocycles. The topological polar surface area (TPSA) is 58.1 Å². The van der Waals surface area contributed by atoms with Gasteiger partial charge in [0.1, 0.15) is 17.6 Å². The third kappa shape index (κ3) is 5.50. The fourth-order valence-electron chi connectivity index (χ4n) is 4.45. The maximum Gasteiger partial charge on any atom is 0.191 e. The molecule has 0 aliphatic carbocycles. The van der Waals surface area contributed by atoms with Crippen molar-refractivity contribution in [3.63, 3.8) is 0 Å². The van der Waals surface area contributed by atoms with Gasteiger partial charge in [-0.15, -0.1) is 0 Å². The lowest BCUT2D eigenvalue weighted by atomic mass is 10.0. The molecule has 1 fully saturated rings. The van der Waals surface area contributed by atoms with Gasteiger partial charge in [0.15, 0.2) is 5.96 Å². The molecule has 2 aromatic rings. The van der Waals surface area contributed by atoms with E-state index in [-0.39, 0.29) is 6.10 Å². The molecule has 0 saturated carbocycles. The first-order valence-corrected chi connectivity index (χ1v) is 11.2. The second-order valence-electron chi connectivity index (χ2n) is 8.51. The van der Waals surface area contributed by atoms with Crippen LogP contribution in [0.5, 0.6) is 11.5 Å². The van der Waals surface area contributed by atoms with E-state index in [1.807, 2.05) is 7.05 Å². The number of likely N-dealkylation sites (tertiary alicyclic amines) is 1. The molecule has 1 atom stereocenters. The number of nitrogens with one attached hydrogen (secondary N) is 2. The molecule has 2 aliphatic heterocycles. The lowest BCUT2D eigenvalue weighted by molar-refractivity contribution is 0.198. The maximum atomic E-state index is 5.92. The number of methoxy groups -OCH3 is 1. The van der Waals surface area contributed by atoms with Crippen molar-refractivity contribution in [2.75, 3.05) is 27.2 Å². The first-order chi connectivity index (χ1) is 15.1. The first kappa shape index (κ1) is 21.5. The van der Waals surface area contributed by atoms with E-state index in [1.54, 1.807) is 7.11 Å². The number of hydrogen-bond acceptors (Lipinski definition) is 4. The number of nitrogens with zero attached hydrogens (tertiary/aromatic N) is 2. The molecule has 0 radical (unpaired) electrons. The lowest BCUT2D eigenvalue weighted by Crippen LogP contribution is -2.48. The number of piperidine rings is 1. The number of hydrogen-bond donors (Lipinski definition) is 2. The smallest absolute Gasteiger partial charge is 0.191 e. The van der Waals surface area contributed by atoms with Gasteiger partial charge in [0.2, 0.25) is 0 Å². The second-order valence-corrected chi connectivity index (χ2v) is 8.51. The first-order valence-electron chi connectivity index (χ1n) is 11.2. The third-order valence-electron chi connectivity index (χ3n) is 6.15. The highest BCUT2D eigenvalue weighted by molar-refractivity contribution is 5.80. The summed E-state index contributed by atoms with van der Waals surface area (Å²) >= 11 is 0. The van der Waals surface area contributed by atoms with Gasteiger partial charge in [-0.1, -0.05) is 30.3 Å². The summed E-state index contributed by atoms with van der Waals surface area (Å²) < 4.78 is 11.5. The monoisotopic (exact) mass is 422 g/mol. The minimum absolute atomic E-state index is 0.227. The molecule has 2 N–H and O–H groups in total. The Morgan fingerprint density at radius 1 is 1.19 bits per heavy atom. The van der Waals surface area contributed by atoms with Gasteiger partial charge in [-0.25, -0.2) is 0 Å². The van der Waals surface area contributed by atoms with Crippen LogP contribution in [0.2, 0.25) is 0 Å². The molecule has 0 bridgehead atoms. The van der Waals surface area contributed by atoms with E-state index in [4.69, 9.17) is 9.47 Å². The Bertz CT molecular complexity index is 892. The summed E-state index contributed by atoms with van der Waals surface area (Å²) in [6.45, 7) is 5.96. The quantitative estimate of drug-likeness (QED) is 0.552. The van der Waals surface area contributed by atoms with Crippen LogP contribution in [0.15, 0.2) is 47.5 Å². The summed E-state index contributed by atoms with van der Waals surface area (Å²) in [5.74, 6) is 2.70. The van der Waals surface area contributed by atoms with Gasteiger partial charge >= 0.3 is 0 Å². The van der Waals surface area contributed by atoms with Crippen molar-refractivity contribution in [2.45, 2.75) is 51.4 Å². The van der Waals surface area contributed by atoms with Crippen LogP contribution in [0.25, 0.3) is 0 Å². The minimum atomic E-state index is 0.227. The van der Waals surface area contributed by atoms with Gasteiger partial charge in [-0.05, 0) is 37.5 Å². The predicted octanol–water partition coefficient (Wildman–Crippen LogP) is 3.35. The normalized spacial score (nSPS) is 19.6. The summed E-state index contributed by atoms with van der Waals surface area (Å²) in [6, 6.07) is 15.3. The fourth-order valence-corrected chi connectivity index (χ4v) is 4.45. The van der Waals surface area contributed by atoms with E-state index < -0.39 is 0 Å². The van der Waals surface area contributed by atoms with Crippen LogP contribution in [-0.4, -0.2) is 50.3 Å². The van der Waals surface area contributed by atoms with Gasteiger partial charge in [-0.2, -0.15) is 0 Å². The zero-order chi connectivity index (χ0) is 21.6. The van der Waals surface area contributed by atoms with Crippen LogP contribution < -0.4 is 20.1 Å². The molecule has 1 unspecified atom stereocenters. The maximum absolute atomic E-state index is 5.92. The largest absolute Gasteiger partial charge is 0.496 e. The Hall–Kier alpha value is -2.73. The Morgan fingerprint density at radius 3 is 2.68 bits per heavy atom. The minimum Gasteiger partial charge on any atom is -0.496 e. The van der Waals surface area contributed by atoms with Crippen LogP contribution in [0.3, 0.4) is 0 Å². The molecular formula is C25H34N4O2. The summed E-state index contributed by atoms with van der Waals surface area (Å²) in [5, 5.41) is 7.05. The number of guanidine groups is 1. The van der Waals surface area contributed by atoms with Crippen LogP contribution in [0, 0.1) is 0 Å². The molecule has 0 amide bonds. The number of rotatable bonds is 6. The zero-order valence-electron chi connectivity index (χ0n) is 18.9. The zero-order valence-corrected chi connectivity index (χ0v) is 18.9. The average molecular weight is 423 g/mol. The van der Waals surface area contributed by atoms with Gasteiger partial charge in [0, 0.05) is 56.8 Å². The third-order valence-corrected chi connectivity index (χ3v) is 6.15. The molecular weight excluding hydrogens is 388 g/mol. The van der Waals surface area contributed by atoms with Crippen molar-refractivity contribution >= 4 is 5.96 Å². The molecule has 166 valence electrons. The van der Waals surface area contributed by atoms with E-state index in [0.29, 0.717) is 12.6 Å². The molecule has 2 aliphatic rings. The highest BCUT2D eigenvalue weighted by atomic mass is 16.5. The van der Waals surface area contributed by atoms with E-state index in [9.17, 15) is 0 Å². The van der Waals surface area contributed by atoms with E-state index in [1.165, 1.54) is 11.1 Å². The molecule has 6 heteroatoms. The average Bonchev–Trinajstić information content (AvgIpc) is 3.16. The predicted molar refractivity (Wildman–Crippen MR) is 125 cm³/mol. The van der Waals surface area contributed by atoms with Gasteiger partial charge < -0.3 is 20.1 Å². The molecule has 6 nitrogen and oxygen atoms in total. The van der Waals surface area contributed by atoms with Crippen molar-refractivity contribution < 1.29 is 9.47 Å². The van der Waals surface area contributed by atoms with Crippen LogP contribution in [-0.2, 0) is 19.5 Å². The Morgan fingerprint density at radius 2 is 1.97 bits per heavy atom.